The van der Waals surface area contributed by atoms with E-state index in [2.05, 4.69) is 0 Å². The number of ether oxygens (including phenoxy) is 2. The Labute approximate surface area is 115 Å². The van der Waals surface area contributed by atoms with Gasteiger partial charge < -0.3 is 9.47 Å². The minimum atomic E-state index is -3.93. The minimum Gasteiger partial charge on any atom is -0.344 e. The SMILES string of the molecule is Cc1c(Cl)ccc(C2(C)OCCO2)c1S(=O)(=O)Cl. The van der Waals surface area contributed by atoms with Crippen molar-refractivity contribution in [2.45, 2.75) is 24.5 Å². The molecule has 0 atom stereocenters. The third-order valence-electron chi connectivity index (χ3n) is 2.91. The number of hydrogen-bond acceptors (Lipinski definition) is 4. The molecule has 1 aromatic carbocycles. The number of hydrogen-bond donors (Lipinski definition) is 0. The largest absolute Gasteiger partial charge is 0.344 e. The average Bonchev–Trinajstić information content (AvgIpc) is 2.68. The van der Waals surface area contributed by atoms with Crippen LogP contribution in [0, 0.1) is 6.92 Å². The molecule has 1 aliphatic heterocycles. The molecule has 1 heterocycles. The van der Waals surface area contributed by atoms with Crippen molar-refractivity contribution in [2.24, 2.45) is 0 Å². The highest BCUT2D eigenvalue weighted by atomic mass is 35.7. The Morgan fingerprint density at radius 2 is 1.83 bits per heavy atom. The van der Waals surface area contributed by atoms with Crippen molar-refractivity contribution in [1.29, 1.82) is 0 Å². The van der Waals surface area contributed by atoms with Gasteiger partial charge in [-0.1, -0.05) is 17.7 Å². The van der Waals surface area contributed by atoms with E-state index in [9.17, 15) is 8.42 Å². The summed E-state index contributed by atoms with van der Waals surface area (Å²) < 4.78 is 34.4. The summed E-state index contributed by atoms with van der Waals surface area (Å²) in [6, 6.07) is 3.17. The first kappa shape index (κ1) is 14.1. The molecule has 100 valence electrons. The van der Waals surface area contributed by atoms with Gasteiger partial charge in [0.1, 0.15) is 0 Å². The highest BCUT2D eigenvalue weighted by Gasteiger charge is 2.38. The molecule has 1 saturated heterocycles. The second-order valence-corrected chi connectivity index (χ2v) is 7.04. The van der Waals surface area contributed by atoms with Crippen molar-refractivity contribution in [2.75, 3.05) is 13.2 Å². The maximum absolute atomic E-state index is 11.7. The van der Waals surface area contributed by atoms with Crippen LogP contribution < -0.4 is 0 Å². The Balaban J connectivity index is 2.72. The Hall–Kier alpha value is -0.330. The molecule has 0 saturated carbocycles. The van der Waals surface area contributed by atoms with Gasteiger partial charge in [-0.2, -0.15) is 0 Å². The van der Waals surface area contributed by atoms with Crippen LogP contribution in [0.4, 0.5) is 0 Å². The zero-order valence-electron chi connectivity index (χ0n) is 9.87. The van der Waals surface area contributed by atoms with Gasteiger partial charge in [-0.15, -0.1) is 0 Å². The Bertz CT molecular complexity index is 577. The zero-order chi connectivity index (χ0) is 13.6. The molecule has 0 bridgehead atoms. The van der Waals surface area contributed by atoms with Gasteiger partial charge >= 0.3 is 0 Å². The highest BCUT2D eigenvalue weighted by molar-refractivity contribution is 8.13. The topological polar surface area (TPSA) is 52.6 Å². The summed E-state index contributed by atoms with van der Waals surface area (Å²) in [5.41, 5.74) is 0.765. The predicted molar refractivity (Wildman–Crippen MR) is 68.5 cm³/mol. The van der Waals surface area contributed by atoms with Crippen LogP contribution in [0.1, 0.15) is 18.1 Å². The molecule has 0 radical (unpaired) electrons. The van der Waals surface area contributed by atoms with E-state index >= 15 is 0 Å². The summed E-state index contributed by atoms with van der Waals surface area (Å²) >= 11 is 5.94. The van der Waals surface area contributed by atoms with E-state index < -0.39 is 14.8 Å². The van der Waals surface area contributed by atoms with Crippen LogP contribution in [0.25, 0.3) is 0 Å². The molecular formula is C11H12Cl2O4S. The molecule has 18 heavy (non-hydrogen) atoms. The van der Waals surface area contributed by atoms with Crippen molar-refractivity contribution >= 4 is 31.3 Å². The Morgan fingerprint density at radius 1 is 1.28 bits per heavy atom. The third-order valence-corrected chi connectivity index (χ3v) is 4.80. The predicted octanol–water partition coefficient (Wildman–Crippen LogP) is 2.80. The van der Waals surface area contributed by atoms with Crippen LogP contribution in [0.5, 0.6) is 0 Å². The lowest BCUT2D eigenvalue weighted by atomic mass is 10.0. The summed E-state index contributed by atoms with van der Waals surface area (Å²) in [5.74, 6) is -1.10. The second kappa shape index (κ2) is 4.65. The first-order chi connectivity index (χ1) is 8.26. The van der Waals surface area contributed by atoms with E-state index in [1.165, 1.54) is 0 Å². The van der Waals surface area contributed by atoms with Crippen molar-refractivity contribution < 1.29 is 17.9 Å². The summed E-state index contributed by atoms with van der Waals surface area (Å²) in [4.78, 5) is -0.0407. The molecule has 0 N–H and O–H groups in total. The Kier molecular flexibility index (Phi) is 3.64. The van der Waals surface area contributed by atoms with Crippen LogP contribution in [-0.2, 0) is 24.3 Å². The second-order valence-electron chi connectivity index (χ2n) is 4.13. The van der Waals surface area contributed by atoms with E-state index in [1.54, 1.807) is 26.0 Å². The molecular weight excluding hydrogens is 299 g/mol. The monoisotopic (exact) mass is 310 g/mol. The van der Waals surface area contributed by atoms with Crippen LogP contribution in [0.2, 0.25) is 5.02 Å². The maximum atomic E-state index is 11.7. The molecule has 0 aromatic heterocycles. The summed E-state index contributed by atoms with van der Waals surface area (Å²) in [6.07, 6.45) is 0. The smallest absolute Gasteiger partial charge is 0.262 e. The number of rotatable bonds is 2. The molecule has 1 fully saturated rings. The average molecular weight is 311 g/mol. The molecule has 0 aliphatic carbocycles. The molecule has 1 aliphatic rings. The van der Waals surface area contributed by atoms with Crippen LogP contribution >= 0.6 is 22.3 Å². The third kappa shape index (κ3) is 2.38. The fraction of sp³-hybridized carbons (Fsp3) is 0.455. The van der Waals surface area contributed by atoms with E-state index in [0.717, 1.165) is 0 Å². The molecule has 4 nitrogen and oxygen atoms in total. The quantitative estimate of drug-likeness (QED) is 0.788. The molecule has 7 heteroatoms. The van der Waals surface area contributed by atoms with Crippen LogP contribution in [-0.4, -0.2) is 21.6 Å². The number of halogens is 2. The zero-order valence-corrected chi connectivity index (χ0v) is 12.2. The molecule has 0 amide bonds. The van der Waals surface area contributed by atoms with Crippen molar-refractivity contribution in [3.05, 3.63) is 28.3 Å². The van der Waals surface area contributed by atoms with Gasteiger partial charge in [0, 0.05) is 21.3 Å². The lowest BCUT2D eigenvalue weighted by molar-refractivity contribution is -0.151. The van der Waals surface area contributed by atoms with Crippen molar-refractivity contribution in [3.63, 3.8) is 0 Å². The summed E-state index contributed by atoms with van der Waals surface area (Å²) in [5, 5.41) is 0.333. The van der Waals surface area contributed by atoms with E-state index in [4.69, 9.17) is 31.8 Å². The molecule has 2 rings (SSSR count). The van der Waals surface area contributed by atoms with Crippen LogP contribution in [0.15, 0.2) is 17.0 Å². The van der Waals surface area contributed by atoms with E-state index in [-0.39, 0.29) is 4.90 Å². The number of benzene rings is 1. The van der Waals surface area contributed by atoms with Gasteiger partial charge in [0.05, 0.1) is 18.1 Å². The molecule has 0 spiro atoms. The fourth-order valence-corrected chi connectivity index (χ4v) is 3.81. The van der Waals surface area contributed by atoms with Gasteiger partial charge in [-0.25, -0.2) is 8.42 Å². The normalized spacial score (nSPS) is 19.1. The fourth-order valence-electron chi connectivity index (χ4n) is 2.01. The van der Waals surface area contributed by atoms with Crippen LogP contribution in [0.3, 0.4) is 0 Å². The summed E-state index contributed by atoms with van der Waals surface area (Å²) in [7, 11) is 1.55. The van der Waals surface area contributed by atoms with Crippen molar-refractivity contribution in [1.82, 2.24) is 0 Å². The first-order valence-corrected chi connectivity index (χ1v) is 7.96. The molecule has 0 unspecified atom stereocenters. The lowest BCUT2D eigenvalue weighted by Gasteiger charge is -2.25. The van der Waals surface area contributed by atoms with Gasteiger partial charge in [0.15, 0.2) is 5.79 Å². The van der Waals surface area contributed by atoms with Gasteiger partial charge in [0.2, 0.25) is 0 Å². The maximum Gasteiger partial charge on any atom is 0.262 e. The summed E-state index contributed by atoms with van der Waals surface area (Å²) in [6.45, 7) is 4.06. The van der Waals surface area contributed by atoms with Crippen molar-refractivity contribution in [3.8, 4) is 0 Å². The van der Waals surface area contributed by atoms with Gasteiger partial charge in [0.25, 0.3) is 9.05 Å². The minimum absolute atomic E-state index is 0.0407. The lowest BCUT2D eigenvalue weighted by Crippen LogP contribution is -2.25. The first-order valence-electron chi connectivity index (χ1n) is 5.28. The standard InChI is InChI=1S/C11H12Cl2O4S/c1-7-9(12)4-3-8(10(7)18(13,14)15)11(2)16-5-6-17-11/h3-4H,5-6H2,1-2H3. The highest BCUT2D eigenvalue weighted by Crippen LogP contribution is 2.39. The Morgan fingerprint density at radius 3 is 2.33 bits per heavy atom. The molecule has 1 aromatic rings. The van der Waals surface area contributed by atoms with E-state index in [1.807, 2.05) is 0 Å². The van der Waals surface area contributed by atoms with E-state index in [0.29, 0.717) is 29.4 Å². The van der Waals surface area contributed by atoms with Gasteiger partial charge in [-0.3, -0.25) is 0 Å². The van der Waals surface area contributed by atoms with Gasteiger partial charge in [-0.05, 0) is 25.5 Å².